The minimum Gasteiger partial charge on any atom is -0.465 e. The third kappa shape index (κ3) is 3.70. The van der Waals surface area contributed by atoms with Gasteiger partial charge in [0.15, 0.2) is 0 Å². The van der Waals surface area contributed by atoms with Crippen LogP contribution in [0, 0.1) is 5.41 Å². The van der Waals surface area contributed by atoms with Crippen LogP contribution in [0.25, 0.3) is 0 Å². The molecule has 0 aliphatic carbocycles. The molecule has 1 aromatic rings. The van der Waals surface area contributed by atoms with Gasteiger partial charge >= 0.3 is 5.97 Å². The number of esters is 1. The molecule has 1 atom stereocenters. The fourth-order valence-corrected chi connectivity index (χ4v) is 1.81. The highest BCUT2D eigenvalue weighted by molar-refractivity contribution is 9.10. The smallest absolute Gasteiger partial charge is 0.315 e. The van der Waals surface area contributed by atoms with E-state index in [0.29, 0.717) is 13.0 Å². The lowest BCUT2D eigenvalue weighted by Crippen LogP contribution is -2.30. The van der Waals surface area contributed by atoms with Crippen LogP contribution in [-0.2, 0) is 16.0 Å². The van der Waals surface area contributed by atoms with Crippen LogP contribution >= 0.6 is 15.9 Å². The summed E-state index contributed by atoms with van der Waals surface area (Å²) in [5, 5.41) is 0. The Bertz CT molecular complexity index is 397. The Balaban J connectivity index is 2.85. The first-order chi connectivity index (χ1) is 8.01. The lowest BCUT2D eigenvalue weighted by Gasteiger charge is -2.23. The van der Waals surface area contributed by atoms with Gasteiger partial charge in [-0.2, -0.15) is 0 Å². The largest absolute Gasteiger partial charge is 0.465 e. The maximum Gasteiger partial charge on any atom is 0.315 e. The van der Waals surface area contributed by atoms with E-state index in [-0.39, 0.29) is 5.97 Å². The highest BCUT2D eigenvalue weighted by Gasteiger charge is 2.31. The summed E-state index contributed by atoms with van der Waals surface area (Å²) in [6.07, 6.45) is 2.26. The average molecular weight is 297 g/mol. The van der Waals surface area contributed by atoms with Gasteiger partial charge in [-0.05, 0) is 38.0 Å². The van der Waals surface area contributed by atoms with Gasteiger partial charge in [0.2, 0.25) is 0 Å². The van der Waals surface area contributed by atoms with Crippen LogP contribution in [0.2, 0.25) is 0 Å². The number of benzene rings is 1. The third-order valence-electron chi connectivity index (χ3n) is 2.68. The van der Waals surface area contributed by atoms with Crippen molar-refractivity contribution in [1.82, 2.24) is 0 Å². The van der Waals surface area contributed by atoms with Crippen molar-refractivity contribution in [2.24, 2.45) is 5.41 Å². The van der Waals surface area contributed by atoms with E-state index in [0.717, 1.165) is 10.0 Å². The molecule has 1 rings (SSSR count). The SMILES string of the molecule is C=CC(C)(Cc1ccc(Br)cc1)C(=O)OCC. The second-order valence-corrected chi connectivity index (χ2v) is 5.06. The van der Waals surface area contributed by atoms with E-state index in [2.05, 4.69) is 22.5 Å². The molecular formula is C14H17BrO2. The predicted molar refractivity (Wildman–Crippen MR) is 72.8 cm³/mol. The lowest BCUT2D eigenvalue weighted by molar-refractivity contribution is -0.151. The summed E-state index contributed by atoms with van der Waals surface area (Å²) < 4.78 is 6.10. The van der Waals surface area contributed by atoms with Crippen molar-refractivity contribution < 1.29 is 9.53 Å². The molecule has 2 nitrogen and oxygen atoms in total. The van der Waals surface area contributed by atoms with E-state index in [9.17, 15) is 4.79 Å². The van der Waals surface area contributed by atoms with Gasteiger partial charge in [0.05, 0.1) is 12.0 Å². The topological polar surface area (TPSA) is 26.3 Å². The second-order valence-electron chi connectivity index (χ2n) is 4.15. The molecule has 0 saturated heterocycles. The Morgan fingerprint density at radius 2 is 2.06 bits per heavy atom. The molecule has 0 aromatic heterocycles. The van der Waals surface area contributed by atoms with Crippen molar-refractivity contribution in [1.29, 1.82) is 0 Å². The number of halogens is 1. The number of ether oxygens (including phenoxy) is 1. The summed E-state index contributed by atoms with van der Waals surface area (Å²) >= 11 is 3.38. The minimum absolute atomic E-state index is 0.224. The van der Waals surface area contributed by atoms with E-state index in [4.69, 9.17) is 4.74 Å². The van der Waals surface area contributed by atoms with Crippen LogP contribution in [0.1, 0.15) is 19.4 Å². The van der Waals surface area contributed by atoms with Crippen LogP contribution in [0.5, 0.6) is 0 Å². The molecule has 0 heterocycles. The van der Waals surface area contributed by atoms with Crippen LogP contribution in [-0.4, -0.2) is 12.6 Å². The molecule has 17 heavy (non-hydrogen) atoms. The van der Waals surface area contributed by atoms with Gasteiger partial charge in [-0.15, -0.1) is 6.58 Å². The van der Waals surface area contributed by atoms with Gasteiger partial charge in [0.25, 0.3) is 0 Å². The summed E-state index contributed by atoms with van der Waals surface area (Å²) in [7, 11) is 0. The zero-order valence-corrected chi connectivity index (χ0v) is 11.8. The molecule has 0 fully saturated rings. The summed E-state index contributed by atoms with van der Waals surface area (Å²) in [4.78, 5) is 11.9. The molecule has 0 amide bonds. The fraction of sp³-hybridized carbons (Fsp3) is 0.357. The Hall–Kier alpha value is -1.09. The zero-order chi connectivity index (χ0) is 12.9. The number of hydrogen-bond acceptors (Lipinski definition) is 2. The first kappa shape index (κ1) is 14.0. The van der Waals surface area contributed by atoms with Gasteiger partial charge in [0.1, 0.15) is 0 Å². The van der Waals surface area contributed by atoms with E-state index < -0.39 is 5.41 Å². The number of hydrogen-bond donors (Lipinski definition) is 0. The second kappa shape index (κ2) is 6.01. The Morgan fingerprint density at radius 3 is 2.53 bits per heavy atom. The van der Waals surface area contributed by atoms with E-state index in [1.807, 2.05) is 31.2 Å². The molecule has 0 aliphatic rings. The van der Waals surface area contributed by atoms with Crippen LogP contribution in [0.3, 0.4) is 0 Å². The van der Waals surface area contributed by atoms with Crippen molar-refractivity contribution in [2.75, 3.05) is 6.61 Å². The predicted octanol–water partition coefficient (Wildman–Crippen LogP) is 3.75. The van der Waals surface area contributed by atoms with Gasteiger partial charge in [-0.25, -0.2) is 0 Å². The van der Waals surface area contributed by atoms with Crippen molar-refractivity contribution in [3.05, 3.63) is 47.0 Å². The zero-order valence-electron chi connectivity index (χ0n) is 10.2. The molecule has 1 aromatic carbocycles. The maximum absolute atomic E-state index is 11.9. The first-order valence-electron chi connectivity index (χ1n) is 5.57. The molecule has 0 spiro atoms. The quantitative estimate of drug-likeness (QED) is 0.611. The maximum atomic E-state index is 11.9. The lowest BCUT2D eigenvalue weighted by atomic mass is 9.84. The van der Waals surface area contributed by atoms with E-state index in [1.165, 1.54) is 0 Å². The normalized spacial score (nSPS) is 13.8. The summed E-state index contributed by atoms with van der Waals surface area (Å²) in [5.74, 6) is -0.224. The minimum atomic E-state index is -0.663. The molecule has 1 unspecified atom stereocenters. The molecular weight excluding hydrogens is 280 g/mol. The molecule has 0 saturated carbocycles. The van der Waals surface area contributed by atoms with Gasteiger partial charge in [0, 0.05) is 4.47 Å². The first-order valence-corrected chi connectivity index (χ1v) is 6.36. The van der Waals surface area contributed by atoms with Crippen molar-refractivity contribution in [3.8, 4) is 0 Å². The van der Waals surface area contributed by atoms with E-state index >= 15 is 0 Å². The summed E-state index contributed by atoms with van der Waals surface area (Å²) in [5.41, 5.74) is 0.424. The molecule has 3 heteroatoms. The van der Waals surface area contributed by atoms with E-state index in [1.54, 1.807) is 13.0 Å². The molecule has 92 valence electrons. The fourth-order valence-electron chi connectivity index (χ4n) is 1.55. The Morgan fingerprint density at radius 1 is 1.47 bits per heavy atom. The van der Waals surface area contributed by atoms with Crippen LogP contribution in [0.15, 0.2) is 41.4 Å². The van der Waals surface area contributed by atoms with Crippen molar-refractivity contribution in [3.63, 3.8) is 0 Å². The highest BCUT2D eigenvalue weighted by atomic mass is 79.9. The highest BCUT2D eigenvalue weighted by Crippen LogP contribution is 2.26. The molecule has 0 radical (unpaired) electrons. The summed E-state index contributed by atoms with van der Waals surface area (Å²) in [6.45, 7) is 7.79. The molecule has 0 N–H and O–H groups in total. The Kier molecular flexibility index (Phi) is 4.94. The third-order valence-corrected chi connectivity index (χ3v) is 3.21. The monoisotopic (exact) mass is 296 g/mol. The van der Waals surface area contributed by atoms with Gasteiger partial charge < -0.3 is 4.74 Å². The van der Waals surface area contributed by atoms with Crippen LogP contribution < -0.4 is 0 Å². The number of rotatable bonds is 5. The van der Waals surface area contributed by atoms with Gasteiger partial charge in [-0.3, -0.25) is 4.79 Å². The molecule has 0 bridgehead atoms. The van der Waals surface area contributed by atoms with Crippen LogP contribution in [0.4, 0.5) is 0 Å². The molecule has 0 aliphatic heterocycles. The number of carbonyl (C=O) groups is 1. The number of carbonyl (C=O) groups excluding carboxylic acids is 1. The summed E-state index contributed by atoms with van der Waals surface area (Å²) in [6, 6.07) is 7.91. The van der Waals surface area contributed by atoms with Gasteiger partial charge in [-0.1, -0.05) is 34.1 Å². The standard InChI is InChI=1S/C14H17BrO2/c1-4-14(3,13(16)17-5-2)10-11-6-8-12(15)9-7-11/h4,6-9H,1,5,10H2,2-3H3. The van der Waals surface area contributed by atoms with Crippen molar-refractivity contribution >= 4 is 21.9 Å². The van der Waals surface area contributed by atoms with Crippen molar-refractivity contribution in [2.45, 2.75) is 20.3 Å². The Labute approximate surface area is 111 Å². The average Bonchev–Trinajstić information content (AvgIpc) is 2.32.